The van der Waals surface area contributed by atoms with Crippen molar-refractivity contribution in [3.63, 3.8) is 0 Å². The first-order valence-electron chi connectivity index (χ1n) is 8.18. The Balaban J connectivity index is 1.43. The van der Waals surface area contributed by atoms with Gasteiger partial charge in [0.2, 0.25) is 0 Å². The summed E-state index contributed by atoms with van der Waals surface area (Å²) in [4.78, 5) is 28.4. The number of carbonyl (C=O) groups excluding carboxylic acids is 2. The molecule has 2 aliphatic rings. The Morgan fingerprint density at radius 3 is 2.33 bits per heavy atom. The quantitative estimate of drug-likeness (QED) is 0.693. The minimum atomic E-state index is -0.180. The number of nitrogen functional groups attached to an aromatic ring is 1. The molecule has 5 heteroatoms. The number of nitrogens with two attached hydrogens (primary N) is 1. The molecule has 2 N–H and O–H groups in total. The Kier molecular flexibility index (Phi) is 3.58. The van der Waals surface area contributed by atoms with Gasteiger partial charge in [0.15, 0.2) is 0 Å². The predicted octanol–water partition coefficient (Wildman–Crippen LogP) is 1.92. The second kappa shape index (κ2) is 5.76. The lowest BCUT2D eigenvalue weighted by Gasteiger charge is -2.30. The van der Waals surface area contributed by atoms with Crippen molar-refractivity contribution >= 4 is 17.5 Å². The number of rotatable bonds is 3. The van der Waals surface area contributed by atoms with E-state index < -0.39 is 0 Å². The number of hydrogen-bond donors (Lipinski definition) is 1. The average molecular weight is 321 g/mol. The predicted molar refractivity (Wildman–Crippen MR) is 91.6 cm³/mol. The van der Waals surface area contributed by atoms with Gasteiger partial charge in [-0.1, -0.05) is 18.2 Å². The maximum Gasteiger partial charge on any atom is 0.261 e. The first-order chi connectivity index (χ1) is 11.6. The van der Waals surface area contributed by atoms with Crippen LogP contribution in [0.3, 0.4) is 0 Å². The normalized spacial score (nSPS) is 17.1. The minimum absolute atomic E-state index is 0.180. The van der Waals surface area contributed by atoms with Crippen molar-refractivity contribution in [3.05, 3.63) is 64.7 Å². The number of imide groups is 1. The topological polar surface area (TPSA) is 66.6 Å². The van der Waals surface area contributed by atoms with E-state index in [1.54, 1.807) is 24.3 Å². The van der Waals surface area contributed by atoms with Gasteiger partial charge >= 0.3 is 0 Å². The van der Waals surface area contributed by atoms with Gasteiger partial charge in [0.25, 0.3) is 11.8 Å². The number of nitrogens with zero attached hydrogens (tertiary/aromatic N) is 2. The summed E-state index contributed by atoms with van der Waals surface area (Å²) in [7, 11) is 0. The van der Waals surface area contributed by atoms with E-state index in [1.807, 2.05) is 12.1 Å². The van der Waals surface area contributed by atoms with E-state index >= 15 is 0 Å². The third-order valence-corrected chi connectivity index (χ3v) is 4.84. The molecule has 0 fully saturated rings. The Morgan fingerprint density at radius 2 is 1.62 bits per heavy atom. The molecule has 0 aromatic heterocycles. The number of carbonyl (C=O) groups is 2. The first kappa shape index (κ1) is 14.9. The van der Waals surface area contributed by atoms with Gasteiger partial charge in [-0.05, 0) is 41.8 Å². The molecule has 0 atom stereocenters. The van der Waals surface area contributed by atoms with Crippen molar-refractivity contribution in [2.75, 3.05) is 25.4 Å². The molecule has 0 bridgehead atoms. The molecule has 2 aliphatic heterocycles. The van der Waals surface area contributed by atoms with E-state index in [4.69, 9.17) is 5.73 Å². The maximum absolute atomic E-state index is 12.4. The summed E-state index contributed by atoms with van der Waals surface area (Å²) < 4.78 is 0. The van der Waals surface area contributed by atoms with Crippen LogP contribution in [0.15, 0.2) is 42.5 Å². The molecule has 2 aromatic carbocycles. The molecular weight excluding hydrogens is 302 g/mol. The monoisotopic (exact) mass is 321 g/mol. The van der Waals surface area contributed by atoms with Crippen LogP contribution in [0, 0.1) is 0 Å². The maximum atomic E-state index is 12.4. The van der Waals surface area contributed by atoms with Gasteiger partial charge in [-0.25, -0.2) is 0 Å². The Morgan fingerprint density at radius 1 is 0.917 bits per heavy atom. The lowest BCUT2D eigenvalue weighted by molar-refractivity contribution is 0.0633. The zero-order valence-corrected chi connectivity index (χ0v) is 13.4. The van der Waals surface area contributed by atoms with Crippen LogP contribution < -0.4 is 5.73 Å². The van der Waals surface area contributed by atoms with E-state index in [1.165, 1.54) is 16.0 Å². The van der Waals surface area contributed by atoms with Crippen molar-refractivity contribution in [2.45, 2.75) is 13.0 Å². The fraction of sp³-hybridized carbons (Fsp3) is 0.263. The summed E-state index contributed by atoms with van der Waals surface area (Å²) in [5, 5.41) is 0. The van der Waals surface area contributed by atoms with Crippen molar-refractivity contribution < 1.29 is 9.59 Å². The molecule has 0 saturated heterocycles. The van der Waals surface area contributed by atoms with E-state index in [0.717, 1.165) is 25.2 Å². The van der Waals surface area contributed by atoms with Gasteiger partial charge in [0.1, 0.15) is 0 Å². The molecule has 0 radical (unpaired) electrons. The summed E-state index contributed by atoms with van der Waals surface area (Å²) >= 11 is 0. The number of anilines is 1. The highest BCUT2D eigenvalue weighted by molar-refractivity contribution is 6.21. The van der Waals surface area contributed by atoms with Crippen LogP contribution in [0.1, 0.15) is 31.8 Å². The van der Waals surface area contributed by atoms with Gasteiger partial charge in [-0.3, -0.25) is 19.4 Å². The van der Waals surface area contributed by atoms with Gasteiger partial charge < -0.3 is 5.73 Å². The fourth-order valence-corrected chi connectivity index (χ4v) is 3.51. The summed E-state index contributed by atoms with van der Waals surface area (Å²) in [5.74, 6) is -0.360. The van der Waals surface area contributed by atoms with Crippen LogP contribution in [0.5, 0.6) is 0 Å². The molecule has 24 heavy (non-hydrogen) atoms. The van der Waals surface area contributed by atoms with Crippen LogP contribution in [-0.2, 0) is 13.0 Å². The van der Waals surface area contributed by atoms with Crippen LogP contribution >= 0.6 is 0 Å². The van der Waals surface area contributed by atoms with Crippen LogP contribution in [0.4, 0.5) is 5.69 Å². The van der Waals surface area contributed by atoms with Crippen LogP contribution in [0.25, 0.3) is 0 Å². The second-order valence-corrected chi connectivity index (χ2v) is 6.36. The summed E-state index contributed by atoms with van der Waals surface area (Å²) in [6, 6.07) is 13.1. The van der Waals surface area contributed by atoms with Crippen LogP contribution in [-0.4, -0.2) is 41.2 Å². The molecule has 0 saturated carbocycles. The molecule has 2 amide bonds. The molecule has 122 valence electrons. The molecule has 4 rings (SSSR count). The van der Waals surface area contributed by atoms with Crippen LogP contribution in [0.2, 0.25) is 0 Å². The van der Waals surface area contributed by atoms with Crippen molar-refractivity contribution in [1.29, 1.82) is 0 Å². The standard InChI is InChI=1S/C19H19N3O2/c20-15-6-5-14-12-21(8-7-13(14)11-15)9-10-22-18(23)16-3-1-2-4-17(16)19(22)24/h1-6,11H,7-10,12,20H2. The molecular formula is C19H19N3O2. The zero-order chi connectivity index (χ0) is 16.7. The lowest BCUT2D eigenvalue weighted by atomic mass is 9.99. The Labute approximate surface area is 140 Å². The van der Waals surface area contributed by atoms with Gasteiger partial charge in [-0.2, -0.15) is 0 Å². The molecule has 2 aromatic rings. The summed E-state index contributed by atoms with van der Waals surface area (Å²) in [6.45, 7) is 2.87. The number of benzene rings is 2. The van der Waals surface area contributed by atoms with Gasteiger partial charge in [-0.15, -0.1) is 0 Å². The van der Waals surface area contributed by atoms with Crippen molar-refractivity contribution in [1.82, 2.24) is 9.80 Å². The lowest BCUT2D eigenvalue weighted by Crippen LogP contribution is -2.40. The summed E-state index contributed by atoms with van der Waals surface area (Å²) in [6.07, 6.45) is 0.947. The largest absolute Gasteiger partial charge is 0.399 e. The van der Waals surface area contributed by atoms with Crippen molar-refractivity contribution in [3.8, 4) is 0 Å². The highest BCUT2D eigenvalue weighted by atomic mass is 16.2. The summed E-state index contributed by atoms with van der Waals surface area (Å²) in [5.41, 5.74) is 10.2. The molecule has 5 nitrogen and oxygen atoms in total. The Bertz CT molecular complexity index is 796. The SMILES string of the molecule is Nc1ccc2c(c1)CCN(CCN1C(=O)c3ccccc3C1=O)C2. The fourth-order valence-electron chi connectivity index (χ4n) is 3.51. The molecule has 0 unspecified atom stereocenters. The van der Waals surface area contributed by atoms with Gasteiger partial charge in [0.05, 0.1) is 11.1 Å². The third-order valence-electron chi connectivity index (χ3n) is 4.84. The highest BCUT2D eigenvalue weighted by Gasteiger charge is 2.35. The number of fused-ring (bicyclic) bond motifs is 2. The molecule has 2 heterocycles. The first-order valence-corrected chi connectivity index (χ1v) is 8.18. The van der Waals surface area contributed by atoms with E-state index in [-0.39, 0.29) is 11.8 Å². The Hall–Kier alpha value is -2.66. The molecule has 0 aliphatic carbocycles. The average Bonchev–Trinajstić information content (AvgIpc) is 2.84. The number of amides is 2. The smallest absolute Gasteiger partial charge is 0.261 e. The van der Waals surface area contributed by atoms with Crippen molar-refractivity contribution in [2.24, 2.45) is 0 Å². The van der Waals surface area contributed by atoms with E-state index in [9.17, 15) is 9.59 Å². The second-order valence-electron chi connectivity index (χ2n) is 6.36. The minimum Gasteiger partial charge on any atom is -0.399 e. The highest BCUT2D eigenvalue weighted by Crippen LogP contribution is 2.24. The van der Waals surface area contributed by atoms with Gasteiger partial charge in [0, 0.05) is 31.9 Å². The number of hydrogen-bond acceptors (Lipinski definition) is 4. The molecule has 0 spiro atoms. The van der Waals surface area contributed by atoms with E-state index in [0.29, 0.717) is 24.2 Å². The zero-order valence-electron chi connectivity index (χ0n) is 13.4. The van der Waals surface area contributed by atoms with E-state index in [2.05, 4.69) is 11.0 Å². The third kappa shape index (κ3) is 2.47.